The molecule has 1 aromatic heterocycles. The van der Waals surface area contributed by atoms with Crippen molar-refractivity contribution in [2.45, 2.75) is 0 Å². The van der Waals surface area contributed by atoms with Gasteiger partial charge in [-0.05, 0) is 48.5 Å². The third-order valence-electron chi connectivity index (χ3n) is 4.29. The minimum Gasteiger partial charge on any atom is -0.507 e. The number of phenols is 1. The first-order valence-electron chi connectivity index (χ1n) is 9.06. The molecule has 0 saturated carbocycles. The molecule has 0 amide bonds. The first-order valence-corrected chi connectivity index (χ1v) is 9.86. The molecule has 0 fully saturated rings. The van der Waals surface area contributed by atoms with Gasteiger partial charge in [0.15, 0.2) is 0 Å². The van der Waals surface area contributed by atoms with Crippen LogP contribution < -0.4 is 5.43 Å². The van der Waals surface area contributed by atoms with Gasteiger partial charge in [-0.15, -0.1) is 0 Å². The van der Waals surface area contributed by atoms with Gasteiger partial charge in [0.25, 0.3) is 0 Å². The second-order valence-electron chi connectivity index (χ2n) is 6.41. The van der Waals surface area contributed by atoms with E-state index in [4.69, 9.17) is 0 Å². The van der Waals surface area contributed by atoms with Gasteiger partial charge in [0, 0.05) is 21.2 Å². The van der Waals surface area contributed by atoms with E-state index in [1.54, 1.807) is 30.3 Å². The van der Waals surface area contributed by atoms with Crippen molar-refractivity contribution in [1.29, 1.82) is 0 Å². The molecule has 3 aromatic carbocycles. The topological polar surface area (TPSA) is 70.4 Å². The molecule has 7 heteroatoms. The third-order valence-corrected chi connectivity index (χ3v) is 4.79. The number of nitrogens with one attached hydrogen (secondary N) is 1. The molecule has 0 radical (unpaired) electrons. The molecule has 0 aliphatic heterocycles. The lowest BCUT2D eigenvalue weighted by Crippen LogP contribution is -2.00. The van der Waals surface area contributed by atoms with Gasteiger partial charge in [0.2, 0.25) is 5.95 Å². The largest absolute Gasteiger partial charge is 0.507 e. The quantitative estimate of drug-likeness (QED) is 0.287. The molecule has 0 atom stereocenters. The summed E-state index contributed by atoms with van der Waals surface area (Å²) < 4.78 is 14.1. The first kappa shape index (κ1) is 19.7. The highest BCUT2D eigenvalue weighted by Crippen LogP contribution is 2.25. The minimum absolute atomic E-state index is 0.106. The molecular weight excluding hydrogens is 447 g/mol. The van der Waals surface area contributed by atoms with E-state index in [9.17, 15) is 9.50 Å². The molecule has 30 heavy (non-hydrogen) atoms. The summed E-state index contributed by atoms with van der Waals surface area (Å²) in [5.41, 5.74) is 6.36. The van der Waals surface area contributed by atoms with Crippen LogP contribution in [0.15, 0.2) is 88.4 Å². The van der Waals surface area contributed by atoms with E-state index in [1.807, 2.05) is 36.4 Å². The highest BCUT2D eigenvalue weighted by Gasteiger charge is 2.09. The Kier molecular flexibility index (Phi) is 5.81. The van der Waals surface area contributed by atoms with Gasteiger partial charge in [-0.2, -0.15) is 5.10 Å². The van der Waals surface area contributed by atoms with E-state index in [-0.39, 0.29) is 17.5 Å². The summed E-state index contributed by atoms with van der Waals surface area (Å²) in [4.78, 5) is 9.04. The molecule has 0 saturated heterocycles. The highest BCUT2D eigenvalue weighted by atomic mass is 79.9. The summed E-state index contributed by atoms with van der Waals surface area (Å²) in [7, 11) is 0. The van der Waals surface area contributed by atoms with E-state index in [0.29, 0.717) is 17.0 Å². The van der Waals surface area contributed by atoms with Crippen LogP contribution in [0.25, 0.3) is 22.5 Å². The zero-order valence-corrected chi connectivity index (χ0v) is 17.2. The Bertz CT molecular complexity index is 1200. The number of benzene rings is 3. The van der Waals surface area contributed by atoms with Crippen LogP contribution in [0.4, 0.5) is 10.3 Å². The van der Waals surface area contributed by atoms with Crippen molar-refractivity contribution in [2.75, 3.05) is 5.43 Å². The number of aromatic nitrogens is 2. The lowest BCUT2D eigenvalue weighted by atomic mass is 10.1. The van der Waals surface area contributed by atoms with Crippen LogP contribution in [0.3, 0.4) is 0 Å². The van der Waals surface area contributed by atoms with Crippen molar-refractivity contribution in [3.8, 4) is 28.3 Å². The molecule has 1 heterocycles. The Hall–Kier alpha value is -3.58. The number of nitrogens with zero attached hydrogens (tertiary/aromatic N) is 3. The standard InChI is InChI=1S/C23H16BrFN4O/c24-18-8-11-22(30)17(12-18)14-26-29-23-27-20(15-4-2-1-3-5-15)13-21(28-23)16-6-9-19(25)10-7-16/h1-14,30H,(H,27,28,29)/b26-14-. The lowest BCUT2D eigenvalue weighted by Gasteiger charge is -2.08. The average molecular weight is 463 g/mol. The maximum Gasteiger partial charge on any atom is 0.244 e. The molecule has 0 unspecified atom stereocenters. The van der Waals surface area contributed by atoms with Gasteiger partial charge in [-0.25, -0.2) is 19.8 Å². The summed E-state index contributed by atoms with van der Waals surface area (Å²) in [5.74, 6) is 0.0731. The highest BCUT2D eigenvalue weighted by molar-refractivity contribution is 9.10. The number of hydrazone groups is 1. The normalized spacial score (nSPS) is 11.0. The number of hydrogen-bond donors (Lipinski definition) is 2. The van der Waals surface area contributed by atoms with Crippen molar-refractivity contribution in [3.05, 3.63) is 94.7 Å². The molecule has 5 nitrogen and oxygen atoms in total. The van der Waals surface area contributed by atoms with Gasteiger partial charge in [0.1, 0.15) is 11.6 Å². The summed E-state index contributed by atoms with van der Waals surface area (Å²) >= 11 is 3.36. The fourth-order valence-electron chi connectivity index (χ4n) is 2.81. The number of hydrogen-bond acceptors (Lipinski definition) is 5. The van der Waals surface area contributed by atoms with Crippen molar-refractivity contribution in [1.82, 2.24) is 9.97 Å². The third kappa shape index (κ3) is 4.69. The SMILES string of the molecule is Oc1ccc(Br)cc1/C=N\Nc1nc(-c2ccccc2)cc(-c2ccc(F)cc2)n1. The fourth-order valence-corrected chi connectivity index (χ4v) is 3.19. The van der Waals surface area contributed by atoms with Crippen LogP contribution in [-0.4, -0.2) is 21.3 Å². The smallest absolute Gasteiger partial charge is 0.244 e. The second-order valence-corrected chi connectivity index (χ2v) is 7.32. The molecule has 4 aromatic rings. The zero-order valence-electron chi connectivity index (χ0n) is 15.6. The molecule has 0 aliphatic carbocycles. The van der Waals surface area contributed by atoms with E-state index in [0.717, 1.165) is 15.6 Å². The molecule has 148 valence electrons. The lowest BCUT2D eigenvalue weighted by molar-refractivity contribution is 0.474. The predicted octanol–water partition coefficient (Wildman–Crippen LogP) is 5.86. The van der Waals surface area contributed by atoms with Crippen molar-refractivity contribution >= 4 is 28.1 Å². The summed E-state index contributed by atoms with van der Waals surface area (Å²) in [5, 5.41) is 14.1. The maximum absolute atomic E-state index is 13.3. The fraction of sp³-hybridized carbons (Fsp3) is 0. The van der Waals surface area contributed by atoms with Gasteiger partial charge in [-0.1, -0.05) is 46.3 Å². The summed E-state index contributed by atoms with van der Waals surface area (Å²) in [6.07, 6.45) is 1.48. The monoisotopic (exact) mass is 462 g/mol. The van der Waals surface area contributed by atoms with Gasteiger partial charge < -0.3 is 5.11 Å². The number of halogens is 2. The molecule has 2 N–H and O–H groups in total. The number of rotatable bonds is 5. The van der Waals surface area contributed by atoms with E-state index in [1.165, 1.54) is 18.3 Å². The van der Waals surface area contributed by atoms with Crippen LogP contribution in [0.1, 0.15) is 5.56 Å². The number of aromatic hydroxyl groups is 1. The van der Waals surface area contributed by atoms with Crippen molar-refractivity contribution in [3.63, 3.8) is 0 Å². The molecule has 0 spiro atoms. The average Bonchev–Trinajstić information content (AvgIpc) is 2.77. The molecule has 4 rings (SSSR count). The van der Waals surface area contributed by atoms with Crippen LogP contribution in [0, 0.1) is 5.82 Å². The number of anilines is 1. The molecule has 0 bridgehead atoms. The Morgan fingerprint density at radius 3 is 2.23 bits per heavy atom. The van der Waals surface area contributed by atoms with E-state index in [2.05, 4.69) is 36.4 Å². The maximum atomic E-state index is 13.3. The Labute approximate surface area is 181 Å². The first-order chi connectivity index (χ1) is 14.6. The Morgan fingerprint density at radius 1 is 0.867 bits per heavy atom. The molecule has 0 aliphatic rings. The van der Waals surface area contributed by atoms with Gasteiger partial charge in [0.05, 0.1) is 17.6 Å². The van der Waals surface area contributed by atoms with Crippen LogP contribution in [0.5, 0.6) is 5.75 Å². The zero-order chi connectivity index (χ0) is 20.9. The predicted molar refractivity (Wildman–Crippen MR) is 120 cm³/mol. The van der Waals surface area contributed by atoms with E-state index < -0.39 is 0 Å². The number of phenolic OH excluding ortho intramolecular Hbond substituents is 1. The van der Waals surface area contributed by atoms with Crippen molar-refractivity contribution in [2.24, 2.45) is 5.10 Å². The Balaban J connectivity index is 1.69. The van der Waals surface area contributed by atoms with Gasteiger partial charge in [-0.3, -0.25) is 0 Å². The Morgan fingerprint density at radius 2 is 1.53 bits per heavy atom. The van der Waals surface area contributed by atoms with Crippen LogP contribution >= 0.6 is 15.9 Å². The summed E-state index contributed by atoms with van der Waals surface area (Å²) in [6.45, 7) is 0. The molecular formula is C23H16BrFN4O. The van der Waals surface area contributed by atoms with Gasteiger partial charge >= 0.3 is 0 Å². The summed E-state index contributed by atoms with van der Waals surface area (Å²) in [6, 6.07) is 22.7. The van der Waals surface area contributed by atoms with E-state index >= 15 is 0 Å². The van der Waals surface area contributed by atoms with Crippen LogP contribution in [0.2, 0.25) is 0 Å². The second kappa shape index (κ2) is 8.84. The minimum atomic E-state index is -0.312. The van der Waals surface area contributed by atoms with Crippen LogP contribution in [-0.2, 0) is 0 Å². The van der Waals surface area contributed by atoms with Crippen molar-refractivity contribution < 1.29 is 9.50 Å².